The van der Waals surface area contributed by atoms with Crippen LogP contribution in [-0.2, 0) is 6.61 Å². The van der Waals surface area contributed by atoms with E-state index >= 15 is 0 Å². The van der Waals surface area contributed by atoms with Crippen LogP contribution in [0.25, 0.3) is 0 Å². The molecule has 0 saturated heterocycles. The van der Waals surface area contributed by atoms with Crippen LogP contribution in [0.2, 0.25) is 0 Å². The molecule has 19 heavy (non-hydrogen) atoms. The van der Waals surface area contributed by atoms with Crippen molar-refractivity contribution in [3.05, 3.63) is 63.6 Å². The van der Waals surface area contributed by atoms with Gasteiger partial charge in [-0.15, -0.1) is 0 Å². The largest absolute Gasteiger partial charge is 0.489 e. The van der Waals surface area contributed by atoms with Crippen molar-refractivity contribution in [1.29, 1.82) is 0 Å². The molecule has 0 bridgehead atoms. The Bertz CT molecular complexity index is 549. The fourth-order valence-corrected chi connectivity index (χ4v) is 2.16. The third-order valence-corrected chi connectivity index (χ3v) is 3.49. The fourth-order valence-electron chi connectivity index (χ4n) is 1.90. The number of ether oxygens (including phenoxy) is 1. The first-order valence-electron chi connectivity index (χ1n) is 6.29. The first kappa shape index (κ1) is 14.1. The highest BCUT2D eigenvalue weighted by molar-refractivity contribution is 9.10. The molecule has 0 fully saturated rings. The second-order valence-electron chi connectivity index (χ2n) is 4.75. The van der Waals surface area contributed by atoms with Crippen LogP contribution in [0.3, 0.4) is 0 Å². The first-order chi connectivity index (χ1) is 9.06. The van der Waals surface area contributed by atoms with Gasteiger partial charge in [0.05, 0.1) is 0 Å². The van der Waals surface area contributed by atoms with Crippen LogP contribution >= 0.6 is 15.9 Å². The van der Waals surface area contributed by atoms with Crippen molar-refractivity contribution in [3.63, 3.8) is 0 Å². The number of aryl methyl sites for hydroxylation is 1. The average molecular weight is 320 g/mol. The Morgan fingerprint density at radius 3 is 2.47 bits per heavy atom. The molecular weight excluding hydrogens is 302 g/mol. The van der Waals surface area contributed by atoms with Gasteiger partial charge in [0.1, 0.15) is 12.4 Å². The van der Waals surface area contributed by atoms with Gasteiger partial charge in [-0.05, 0) is 37.6 Å². The highest BCUT2D eigenvalue weighted by Gasteiger charge is 2.08. The molecule has 0 heterocycles. The van der Waals surface area contributed by atoms with E-state index in [2.05, 4.69) is 28.9 Å². The molecule has 3 heteroatoms. The summed E-state index contributed by atoms with van der Waals surface area (Å²) in [6.07, 6.45) is 0. The molecule has 1 atom stereocenters. The summed E-state index contributed by atoms with van der Waals surface area (Å²) in [6.45, 7) is 4.59. The van der Waals surface area contributed by atoms with Gasteiger partial charge in [0.15, 0.2) is 0 Å². The Labute approximate surface area is 122 Å². The van der Waals surface area contributed by atoms with Gasteiger partial charge in [0, 0.05) is 16.1 Å². The van der Waals surface area contributed by atoms with E-state index in [0.29, 0.717) is 6.61 Å². The Hall–Kier alpha value is -1.32. The predicted molar refractivity (Wildman–Crippen MR) is 82.3 cm³/mol. The normalized spacial score (nSPS) is 12.2. The molecular formula is C16H18BrNO. The number of rotatable bonds is 4. The number of hydrogen-bond donors (Lipinski definition) is 1. The van der Waals surface area contributed by atoms with Crippen LogP contribution in [0, 0.1) is 6.92 Å². The predicted octanol–water partition coefficient (Wildman–Crippen LogP) is 4.36. The lowest BCUT2D eigenvalue weighted by molar-refractivity contribution is 0.301. The molecule has 0 radical (unpaired) electrons. The summed E-state index contributed by atoms with van der Waals surface area (Å²) >= 11 is 3.42. The molecule has 0 aliphatic heterocycles. The summed E-state index contributed by atoms with van der Waals surface area (Å²) in [5.74, 6) is 0.864. The maximum absolute atomic E-state index is 5.99. The van der Waals surface area contributed by atoms with Crippen LogP contribution < -0.4 is 10.5 Å². The van der Waals surface area contributed by atoms with E-state index in [1.165, 1.54) is 5.56 Å². The maximum atomic E-state index is 5.99. The fraction of sp³-hybridized carbons (Fsp3) is 0.250. The number of halogens is 1. The van der Waals surface area contributed by atoms with Crippen LogP contribution in [0.5, 0.6) is 5.75 Å². The molecule has 0 aromatic heterocycles. The van der Waals surface area contributed by atoms with Gasteiger partial charge in [-0.2, -0.15) is 0 Å². The molecule has 0 saturated carbocycles. The van der Waals surface area contributed by atoms with Gasteiger partial charge in [-0.3, -0.25) is 0 Å². The smallest absolute Gasteiger partial charge is 0.124 e. The zero-order chi connectivity index (χ0) is 13.8. The van der Waals surface area contributed by atoms with Gasteiger partial charge in [0.25, 0.3) is 0 Å². The minimum absolute atomic E-state index is 0.0279. The Morgan fingerprint density at radius 2 is 1.84 bits per heavy atom. The molecule has 0 amide bonds. The Balaban J connectivity index is 2.13. The summed E-state index contributed by atoms with van der Waals surface area (Å²) in [7, 11) is 0. The summed E-state index contributed by atoms with van der Waals surface area (Å²) in [4.78, 5) is 0. The lowest BCUT2D eigenvalue weighted by atomic mass is 10.1. The van der Waals surface area contributed by atoms with E-state index in [1.54, 1.807) is 0 Å². The molecule has 2 aromatic carbocycles. The van der Waals surface area contributed by atoms with Crippen molar-refractivity contribution in [2.75, 3.05) is 0 Å². The molecule has 2 aromatic rings. The quantitative estimate of drug-likeness (QED) is 0.908. The summed E-state index contributed by atoms with van der Waals surface area (Å²) < 4.78 is 6.96. The van der Waals surface area contributed by atoms with Crippen LogP contribution in [0.15, 0.2) is 46.9 Å². The zero-order valence-corrected chi connectivity index (χ0v) is 12.8. The molecule has 1 unspecified atom stereocenters. The lowest BCUT2D eigenvalue weighted by Crippen LogP contribution is -2.08. The number of nitrogens with two attached hydrogens (primary N) is 1. The molecule has 0 aliphatic carbocycles. The van der Waals surface area contributed by atoms with Gasteiger partial charge in [-0.1, -0.05) is 45.8 Å². The molecule has 2 nitrogen and oxygen atoms in total. The van der Waals surface area contributed by atoms with Crippen LogP contribution in [0.1, 0.15) is 29.7 Å². The summed E-state index contributed by atoms with van der Waals surface area (Å²) in [5, 5.41) is 0. The molecule has 0 spiro atoms. The van der Waals surface area contributed by atoms with E-state index in [1.807, 2.05) is 43.3 Å². The highest BCUT2D eigenvalue weighted by atomic mass is 79.9. The second-order valence-corrected chi connectivity index (χ2v) is 5.66. The summed E-state index contributed by atoms with van der Waals surface area (Å²) in [6, 6.07) is 14.2. The van der Waals surface area contributed by atoms with Gasteiger partial charge >= 0.3 is 0 Å². The van der Waals surface area contributed by atoms with Crippen LogP contribution in [-0.4, -0.2) is 0 Å². The van der Waals surface area contributed by atoms with Gasteiger partial charge < -0.3 is 10.5 Å². The van der Waals surface area contributed by atoms with Crippen molar-refractivity contribution in [1.82, 2.24) is 0 Å². The van der Waals surface area contributed by atoms with Gasteiger partial charge in [0.2, 0.25) is 0 Å². The average Bonchev–Trinajstić information content (AvgIpc) is 2.39. The van der Waals surface area contributed by atoms with Crippen molar-refractivity contribution >= 4 is 15.9 Å². The minimum atomic E-state index is -0.0279. The standard InChI is InChI=1S/C16H18BrNO/c1-11-3-8-16(15(9-11)12(2)18)19-10-13-4-6-14(17)7-5-13/h3-9,12H,10,18H2,1-2H3. The number of benzene rings is 2. The van der Waals surface area contributed by atoms with Crippen molar-refractivity contribution in [2.45, 2.75) is 26.5 Å². The molecule has 100 valence electrons. The van der Waals surface area contributed by atoms with E-state index < -0.39 is 0 Å². The van der Waals surface area contributed by atoms with Crippen molar-refractivity contribution in [3.8, 4) is 5.75 Å². The van der Waals surface area contributed by atoms with Gasteiger partial charge in [-0.25, -0.2) is 0 Å². The first-order valence-corrected chi connectivity index (χ1v) is 7.09. The summed E-state index contributed by atoms with van der Waals surface area (Å²) in [5.41, 5.74) is 9.37. The maximum Gasteiger partial charge on any atom is 0.124 e. The molecule has 0 aliphatic rings. The monoisotopic (exact) mass is 319 g/mol. The van der Waals surface area contributed by atoms with E-state index in [-0.39, 0.29) is 6.04 Å². The van der Waals surface area contributed by atoms with E-state index in [4.69, 9.17) is 10.5 Å². The molecule has 2 rings (SSSR count). The third kappa shape index (κ3) is 3.82. The van der Waals surface area contributed by atoms with E-state index in [0.717, 1.165) is 21.3 Å². The Morgan fingerprint density at radius 1 is 1.16 bits per heavy atom. The third-order valence-electron chi connectivity index (χ3n) is 2.96. The highest BCUT2D eigenvalue weighted by Crippen LogP contribution is 2.26. The Kier molecular flexibility index (Phi) is 4.61. The minimum Gasteiger partial charge on any atom is -0.489 e. The zero-order valence-electron chi connectivity index (χ0n) is 11.2. The molecule has 2 N–H and O–H groups in total. The lowest BCUT2D eigenvalue weighted by Gasteiger charge is -2.15. The van der Waals surface area contributed by atoms with E-state index in [9.17, 15) is 0 Å². The van der Waals surface area contributed by atoms with Crippen LogP contribution in [0.4, 0.5) is 0 Å². The topological polar surface area (TPSA) is 35.2 Å². The second kappa shape index (κ2) is 6.22. The number of hydrogen-bond acceptors (Lipinski definition) is 2. The van der Waals surface area contributed by atoms with Crippen molar-refractivity contribution < 1.29 is 4.74 Å². The SMILES string of the molecule is Cc1ccc(OCc2ccc(Br)cc2)c(C(C)N)c1. The van der Waals surface area contributed by atoms with Crippen molar-refractivity contribution in [2.24, 2.45) is 5.73 Å².